The quantitative estimate of drug-likeness (QED) is 0.660. The van der Waals surface area contributed by atoms with E-state index in [2.05, 4.69) is 11.9 Å². The molecule has 0 fully saturated rings. The lowest BCUT2D eigenvalue weighted by molar-refractivity contribution is -0.119. The minimum absolute atomic E-state index is 0.0294. The fraction of sp³-hybridized carbons (Fsp3) is 0.750. The molecule has 0 saturated heterocycles. The van der Waals surface area contributed by atoms with E-state index in [0.717, 1.165) is 0 Å². The molecule has 0 spiro atoms. The van der Waals surface area contributed by atoms with Gasteiger partial charge in [-0.15, -0.1) is 0 Å². The molecule has 3 nitrogen and oxygen atoms in total. The number of aliphatic hydroxyl groups excluding tert-OH is 1. The molecule has 0 aromatic rings. The normalized spacial score (nSPS) is 13.0. The van der Waals surface area contributed by atoms with Gasteiger partial charge in [0.25, 0.3) is 0 Å². The van der Waals surface area contributed by atoms with Gasteiger partial charge in [0.15, 0.2) is 0 Å². The van der Waals surface area contributed by atoms with E-state index in [0.29, 0.717) is 17.9 Å². The molecular weight excluding hydrogens is 190 g/mol. The number of hydrogen-bond acceptors (Lipinski definition) is 2. The van der Waals surface area contributed by atoms with Crippen LogP contribution in [-0.4, -0.2) is 23.7 Å². The molecule has 0 aromatic heterocycles. The van der Waals surface area contributed by atoms with Crippen LogP contribution in [0.15, 0.2) is 12.2 Å². The Kier molecular flexibility index (Phi) is 6.25. The Morgan fingerprint density at radius 1 is 1.33 bits per heavy atom. The molecule has 0 bridgehead atoms. The van der Waals surface area contributed by atoms with Gasteiger partial charge in [-0.1, -0.05) is 34.3 Å². The Bertz CT molecular complexity index is 222. The van der Waals surface area contributed by atoms with Gasteiger partial charge in [0.05, 0.1) is 12.6 Å². The van der Waals surface area contributed by atoms with Crippen LogP contribution in [0, 0.1) is 11.8 Å². The summed E-state index contributed by atoms with van der Waals surface area (Å²) in [5, 5.41) is 11.8. The number of carbonyl (C=O) groups excluding carboxylic acids is 1. The first-order valence-corrected chi connectivity index (χ1v) is 5.48. The minimum atomic E-state index is -0.179. The summed E-state index contributed by atoms with van der Waals surface area (Å²) >= 11 is 0. The number of aliphatic hydroxyl groups is 1. The standard InChI is InChI=1S/C12H23NO2/c1-8(2)6-10(5)12(15)13-11(7-14)9(3)4/h8-9,11,14H,5-7H2,1-4H3,(H,13,15)/t11-/m1/s1. The van der Waals surface area contributed by atoms with Crippen molar-refractivity contribution in [1.29, 1.82) is 0 Å². The zero-order valence-corrected chi connectivity index (χ0v) is 10.2. The second-order valence-corrected chi connectivity index (χ2v) is 4.71. The Balaban J connectivity index is 4.16. The Hall–Kier alpha value is -0.830. The minimum Gasteiger partial charge on any atom is -0.394 e. The van der Waals surface area contributed by atoms with Gasteiger partial charge in [0.1, 0.15) is 0 Å². The number of hydrogen-bond donors (Lipinski definition) is 2. The first-order valence-electron chi connectivity index (χ1n) is 5.48. The highest BCUT2D eigenvalue weighted by atomic mass is 16.3. The maximum absolute atomic E-state index is 11.6. The number of nitrogens with one attached hydrogen (secondary N) is 1. The third kappa shape index (κ3) is 5.57. The van der Waals surface area contributed by atoms with Gasteiger partial charge in [-0.2, -0.15) is 0 Å². The van der Waals surface area contributed by atoms with Gasteiger partial charge >= 0.3 is 0 Å². The largest absolute Gasteiger partial charge is 0.394 e. The first kappa shape index (κ1) is 14.2. The maximum atomic E-state index is 11.6. The average molecular weight is 213 g/mol. The van der Waals surface area contributed by atoms with Gasteiger partial charge in [-0.3, -0.25) is 4.79 Å². The van der Waals surface area contributed by atoms with Gasteiger partial charge in [0.2, 0.25) is 5.91 Å². The summed E-state index contributed by atoms with van der Waals surface area (Å²) < 4.78 is 0. The topological polar surface area (TPSA) is 49.3 Å². The van der Waals surface area contributed by atoms with E-state index in [-0.39, 0.29) is 24.5 Å². The molecule has 0 aliphatic heterocycles. The van der Waals surface area contributed by atoms with Crippen molar-refractivity contribution in [2.24, 2.45) is 11.8 Å². The van der Waals surface area contributed by atoms with Gasteiger partial charge < -0.3 is 10.4 Å². The summed E-state index contributed by atoms with van der Waals surface area (Å²) in [6.45, 7) is 11.7. The van der Waals surface area contributed by atoms with Gasteiger partial charge in [-0.05, 0) is 18.3 Å². The molecule has 88 valence electrons. The number of amides is 1. The highest BCUT2D eigenvalue weighted by Crippen LogP contribution is 2.09. The summed E-state index contributed by atoms with van der Waals surface area (Å²) in [5.74, 6) is 0.511. The van der Waals surface area contributed by atoms with Crippen molar-refractivity contribution in [1.82, 2.24) is 5.32 Å². The highest BCUT2D eigenvalue weighted by molar-refractivity contribution is 5.92. The van der Waals surface area contributed by atoms with Gasteiger partial charge in [-0.25, -0.2) is 0 Å². The van der Waals surface area contributed by atoms with Crippen LogP contribution >= 0.6 is 0 Å². The first-order chi connectivity index (χ1) is 6.88. The molecule has 15 heavy (non-hydrogen) atoms. The maximum Gasteiger partial charge on any atom is 0.246 e. The van der Waals surface area contributed by atoms with Crippen LogP contribution in [0.2, 0.25) is 0 Å². The Morgan fingerprint density at radius 3 is 2.20 bits per heavy atom. The zero-order chi connectivity index (χ0) is 12.0. The molecule has 1 atom stereocenters. The summed E-state index contributed by atoms with van der Waals surface area (Å²) in [4.78, 5) is 11.6. The van der Waals surface area contributed by atoms with E-state index < -0.39 is 0 Å². The summed E-state index contributed by atoms with van der Waals surface area (Å²) in [5.41, 5.74) is 0.587. The van der Waals surface area contributed by atoms with Crippen LogP contribution in [0.5, 0.6) is 0 Å². The highest BCUT2D eigenvalue weighted by Gasteiger charge is 2.16. The van der Waals surface area contributed by atoms with Crippen LogP contribution < -0.4 is 5.32 Å². The third-order valence-electron chi connectivity index (χ3n) is 2.29. The second kappa shape index (κ2) is 6.62. The van der Waals surface area contributed by atoms with Crippen LogP contribution in [-0.2, 0) is 4.79 Å². The molecule has 0 aliphatic rings. The molecule has 2 N–H and O–H groups in total. The van der Waals surface area contributed by atoms with Crippen molar-refractivity contribution in [2.45, 2.75) is 40.2 Å². The Labute approximate surface area is 92.6 Å². The average Bonchev–Trinajstić information content (AvgIpc) is 2.11. The predicted octanol–water partition coefficient (Wildman–Crippen LogP) is 1.72. The molecule has 0 unspecified atom stereocenters. The van der Waals surface area contributed by atoms with Crippen LogP contribution in [0.4, 0.5) is 0 Å². The molecule has 0 heterocycles. The van der Waals surface area contributed by atoms with E-state index in [1.54, 1.807) is 0 Å². The van der Waals surface area contributed by atoms with Crippen LogP contribution in [0.1, 0.15) is 34.1 Å². The molecule has 0 saturated carbocycles. The molecule has 3 heteroatoms. The SMILES string of the molecule is C=C(CC(C)C)C(=O)N[C@H](CO)C(C)C. The molecule has 0 aliphatic carbocycles. The zero-order valence-electron chi connectivity index (χ0n) is 10.2. The van der Waals surface area contributed by atoms with E-state index in [1.165, 1.54) is 0 Å². The third-order valence-corrected chi connectivity index (χ3v) is 2.29. The van der Waals surface area contributed by atoms with Gasteiger partial charge in [0, 0.05) is 5.57 Å². The molecular formula is C12H23NO2. The van der Waals surface area contributed by atoms with Crippen molar-refractivity contribution < 1.29 is 9.90 Å². The van der Waals surface area contributed by atoms with E-state index in [1.807, 2.05) is 27.7 Å². The summed E-state index contributed by atoms with van der Waals surface area (Å²) in [6, 6.07) is -0.179. The van der Waals surface area contributed by atoms with Crippen molar-refractivity contribution in [3.63, 3.8) is 0 Å². The van der Waals surface area contributed by atoms with Crippen LogP contribution in [0.25, 0.3) is 0 Å². The number of carbonyl (C=O) groups is 1. The Morgan fingerprint density at radius 2 is 1.87 bits per heavy atom. The van der Waals surface area contributed by atoms with Crippen molar-refractivity contribution in [3.8, 4) is 0 Å². The molecule has 0 radical (unpaired) electrons. The summed E-state index contributed by atoms with van der Waals surface area (Å²) in [6.07, 6.45) is 0.697. The smallest absolute Gasteiger partial charge is 0.246 e. The van der Waals surface area contributed by atoms with E-state index in [9.17, 15) is 4.79 Å². The van der Waals surface area contributed by atoms with Crippen LogP contribution in [0.3, 0.4) is 0 Å². The lowest BCUT2D eigenvalue weighted by Crippen LogP contribution is -2.41. The number of rotatable bonds is 6. The fourth-order valence-corrected chi connectivity index (χ4v) is 1.28. The second-order valence-electron chi connectivity index (χ2n) is 4.71. The van der Waals surface area contributed by atoms with E-state index >= 15 is 0 Å². The molecule has 0 aromatic carbocycles. The molecule has 1 amide bonds. The lowest BCUT2D eigenvalue weighted by atomic mass is 10.0. The van der Waals surface area contributed by atoms with Crippen molar-refractivity contribution in [3.05, 3.63) is 12.2 Å². The van der Waals surface area contributed by atoms with E-state index in [4.69, 9.17) is 5.11 Å². The summed E-state index contributed by atoms with van der Waals surface area (Å²) in [7, 11) is 0. The monoisotopic (exact) mass is 213 g/mol. The van der Waals surface area contributed by atoms with Crippen molar-refractivity contribution >= 4 is 5.91 Å². The van der Waals surface area contributed by atoms with Crippen molar-refractivity contribution in [2.75, 3.05) is 6.61 Å². The fourth-order valence-electron chi connectivity index (χ4n) is 1.28. The molecule has 0 rings (SSSR count). The lowest BCUT2D eigenvalue weighted by Gasteiger charge is -2.20. The predicted molar refractivity (Wildman–Crippen MR) is 62.4 cm³/mol.